The maximum absolute atomic E-state index is 3.38. The van der Waals surface area contributed by atoms with Crippen molar-refractivity contribution in [3.05, 3.63) is 24.3 Å². The van der Waals surface area contributed by atoms with E-state index in [1.165, 1.54) is 25.7 Å². The van der Waals surface area contributed by atoms with Gasteiger partial charge in [0.2, 0.25) is 0 Å². The Morgan fingerprint density at radius 1 is 1.00 bits per heavy atom. The van der Waals surface area contributed by atoms with E-state index in [4.69, 9.17) is 0 Å². The van der Waals surface area contributed by atoms with Crippen molar-refractivity contribution in [2.75, 3.05) is 5.33 Å². The zero-order valence-electron chi connectivity index (χ0n) is 7.93. The molecule has 0 aliphatic carbocycles. The summed E-state index contributed by atoms with van der Waals surface area (Å²) in [5.74, 6) is 0. The Hall–Kier alpha value is -0.0400. The number of halogens is 1. The summed E-state index contributed by atoms with van der Waals surface area (Å²) in [5, 5.41) is 1.06. The summed E-state index contributed by atoms with van der Waals surface area (Å²) in [6.07, 6.45) is 15.1. The number of hydrogen-bond donors (Lipinski definition) is 0. The van der Waals surface area contributed by atoms with E-state index in [1.54, 1.807) is 0 Å². The first-order valence-electron chi connectivity index (χ1n) is 4.79. The van der Waals surface area contributed by atoms with Crippen LogP contribution in [0, 0.1) is 0 Å². The Morgan fingerprint density at radius 3 is 2.25 bits per heavy atom. The van der Waals surface area contributed by atoms with E-state index in [0.717, 1.165) is 11.8 Å². The van der Waals surface area contributed by atoms with Crippen LogP contribution >= 0.6 is 15.9 Å². The van der Waals surface area contributed by atoms with Gasteiger partial charge in [0.1, 0.15) is 0 Å². The second kappa shape index (κ2) is 11.0. The first-order chi connectivity index (χ1) is 5.91. The first kappa shape index (κ1) is 12.0. The number of hydrogen-bond acceptors (Lipinski definition) is 0. The zero-order valence-corrected chi connectivity index (χ0v) is 9.52. The van der Waals surface area contributed by atoms with Crippen LogP contribution in [-0.2, 0) is 0 Å². The molecule has 0 aliphatic heterocycles. The maximum atomic E-state index is 3.38. The SMILES string of the molecule is CCCCCC=CC=CCCBr. The van der Waals surface area contributed by atoms with Crippen LogP contribution in [0.3, 0.4) is 0 Å². The lowest BCUT2D eigenvalue weighted by Gasteiger charge is -1.89. The van der Waals surface area contributed by atoms with Gasteiger partial charge in [-0.2, -0.15) is 0 Å². The molecule has 12 heavy (non-hydrogen) atoms. The van der Waals surface area contributed by atoms with Crippen molar-refractivity contribution in [2.24, 2.45) is 0 Å². The largest absolute Gasteiger partial charge is 0.0925 e. The first-order valence-corrected chi connectivity index (χ1v) is 5.91. The van der Waals surface area contributed by atoms with E-state index in [-0.39, 0.29) is 0 Å². The molecule has 0 saturated heterocycles. The van der Waals surface area contributed by atoms with Gasteiger partial charge in [0, 0.05) is 5.33 Å². The zero-order chi connectivity index (χ0) is 9.07. The second-order valence-corrected chi connectivity index (χ2v) is 3.62. The Kier molecular flexibility index (Phi) is 10.9. The summed E-state index contributed by atoms with van der Waals surface area (Å²) in [4.78, 5) is 0. The lowest BCUT2D eigenvalue weighted by Crippen LogP contribution is -1.70. The van der Waals surface area contributed by atoms with E-state index >= 15 is 0 Å². The van der Waals surface area contributed by atoms with Gasteiger partial charge in [0.05, 0.1) is 0 Å². The van der Waals surface area contributed by atoms with Crippen molar-refractivity contribution in [2.45, 2.75) is 39.0 Å². The van der Waals surface area contributed by atoms with Crippen molar-refractivity contribution in [1.29, 1.82) is 0 Å². The van der Waals surface area contributed by atoms with Gasteiger partial charge in [-0.25, -0.2) is 0 Å². The van der Waals surface area contributed by atoms with Crippen molar-refractivity contribution < 1.29 is 0 Å². The third kappa shape index (κ3) is 9.96. The monoisotopic (exact) mass is 230 g/mol. The van der Waals surface area contributed by atoms with Crippen molar-refractivity contribution in [1.82, 2.24) is 0 Å². The minimum absolute atomic E-state index is 1.06. The topological polar surface area (TPSA) is 0 Å². The van der Waals surface area contributed by atoms with Crippen LogP contribution in [0.5, 0.6) is 0 Å². The summed E-state index contributed by atoms with van der Waals surface area (Å²) < 4.78 is 0. The molecule has 0 nitrogen and oxygen atoms in total. The van der Waals surface area contributed by atoms with Crippen LogP contribution in [0.25, 0.3) is 0 Å². The van der Waals surface area contributed by atoms with E-state index in [9.17, 15) is 0 Å². The highest BCUT2D eigenvalue weighted by molar-refractivity contribution is 9.09. The highest BCUT2D eigenvalue weighted by Crippen LogP contribution is 1.99. The van der Waals surface area contributed by atoms with Gasteiger partial charge >= 0.3 is 0 Å². The summed E-state index contributed by atoms with van der Waals surface area (Å²) in [6, 6.07) is 0. The molecule has 1 heteroatoms. The number of unbranched alkanes of at least 4 members (excludes halogenated alkanes) is 3. The molecule has 0 bridgehead atoms. The third-order valence-corrected chi connectivity index (χ3v) is 2.09. The van der Waals surface area contributed by atoms with Crippen LogP contribution in [0.4, 0.5) is 0 Å². The molecule has 0 spiro atoms. The number of rotatable bonds is 7. The number of alkyl halides is 1. The Bertz CT molecular complexity index is 125. The molecule has 0 radical (unpaired) electrons. The molecule has 0 N–H and O–H groups in total. The van der Waals surface area contributed by atoms with Gasteiger partial charge in [0.15, 0.2) is 0 Å². The fourth-order valence-electron chi connectivity index (χ4n) is 0.925. The number of allylic oxidation sites excluding steroid dienone is 4. The van der Waals surface area contributed by atoms with Gasteiger partial charge in [0.25, 0.3) is 0 Å². The molecule has 0 amide bonds. The van der Waals surface area contributed by atoms with Crippen LogP contribution in [0.1, 0.15) is 39.0 Å². The molecule has 0 aromatic rings. The Morgan fingerprint density at radius 2 is 1.67 bits per heavy atom. The van der Waals surface area contributed by atoms with Crippen LogP contribution in [-0.4, -0.2) is 5.33 Å². The molecule has 0 atom stereocenters. The van der Waals surface area contributed by atoms with E-state index < -0.39 is 0 Å². The molecular formula is C11H19Br. The van der Waals surface area contributed by atoms with Crippen LogP contribution < -0.4 is 0 Å². The minimum atomic E-state index is 1.06. The predicted molar refractivity (Wildman–Crippen MR) is 60.8 cm³/mol. The predicted octanol–water partition coefficient (Wildman–Crippen LogP) is 4.46. The quantitative estimate of drug-likeness (QED) is 0.344. The van der Waals surface area contributed by atoms with E-state index in [0.29, 0.717) is 0 Å². The summed E-state index contributed by atoms with van der Waals surface area (Å²) in [6.45, 7) is 2.24. The van der Waals surface area contributed by atoms with Crippen LogP contribution in [0.2, 0.25) is 0 Å². The average molecular weight is 231 g/mol. The highest BCUT2D eigenvalue weighted by atomic mass is 79.9. The van der Waals surface area contributed by atoms with Crippen LogP contribution in [0.15, 0.2) is 24.3 Å². The molecule has 0 saturated carbocycles. The molecule has 0 aliphatic rings. The van der Waals surface area contributed by atoms with Crippen molar-refractivity contribution >= 4 is 15.9 Å². The summed E-state index contributed by atoms with van der Waals surface area (Å²) >= 11 is 3.38. The Balaban J connectivity index is 3.13. The lowest BCUT2D eigenvalue weighted by molar-refractivity contribution is 0.729. The molecule has 0 aromatic carbocycles. The average Bonchev–Trinajstić information content (AvgIpc) is 2.10. The summed E-state index contributed by atoms with van der Waals surface area (Å²) in [7, 11) is 0. The molecule has 70 valence electrons. The fourth-order valence-corrected chi connectivity index (χ4v) is 1.19. The lowest BCUT2D eigenvalue weighted by atomic mass is 10.2. The maximum Gasteiger partial charge on any atom is 0.00660 e. The molecule has 0 heterocycles. The molecule has 0 aromatic heterocycles. The van der Waals surface area contributed by atoms with E-state index in [2.05, 4.69) is 47.2 Å². The molecule has 0 rings (SSSR count). The minimum Gasteiger partial charge on any atom is -0.0925 e. The molecule has 0 unspecified atom stereocenters. The second-order valence-electron chi connectivity index (χ2n) is 2.83. The fraction of sp³-hybridized carbons (Fsp3) is 0.636. The van der Waals surface area contributed by atoms with Crippen molar-refractivity contribution in [3.63, 3.8) is 0 Å². The van der Waals surface area contributed by atoms with Gasteiger partial charge < -0.3 is 0 Å². The van der Waals surface area contributed by atoms with Crippen molar-refractivity contribution in [3.8, 4) is 0 Å². The normalized spacial score (nSPS) is 11.8. The van der Waals surface area contributed by atoms with Gasteiger partial charge in [-0.3, -0.25) is 0 Å². The highest BCUT2D eigenvalue weighted by Gasteiger charge is 1.79. The smallest absolute Gasteiger partial charge is 0.00660 e. The van der Waals surface area contributed by atoms with E-state index in [1.807, 2.05) is 0 Å². The van der Waals surface area contributed by atoms with Gasteiger partial charge in [-0.1, -0.05) is 60.0 Å². The third-order valence-electron chi connectivity index (χ3n) is 1.63. The molecule has 0 fully saturated rings. The summed E-state index contributed by atoms with van der Waals surface area (Å²) in [5.41, 5.74) is 0. The Labute approximate surface area is 84.9 Å². The standard InChI is InChI=1S/C11H19Br/c1-2-3-4-5-6-7-8-9-10-11-12/h6-9H,2-5,10-11H2,1H3. The van der Waals surface area contributed by atoms with Gasteiger partial charge in [-0.15, -0.1) is 0 Å². The molecular weight excluding hydrogens is 212 g/mol. The van der Waals surface area contributed by atoms with Gasteiger partial charge in [-0.05, 0) is 19.3 Å².